The quantitative estimate of drug-likeness (QED) is 0.671. The Hall–Kier alpha value is -2.93. The van der Waals surface area contributed by atoms with Crippen molar-refractivity contribution >= 4 is 11.9 Å². The molecular weight excluding hydrogens is 404 g/mol. The normalized spacial score (nSPS) is 22.6. The molecule has 0 radical (unpaired) electrons. The first kappa shape index (κ1) is 21.3. The molecule has 0 bridgehead atoms. The first-order chi connectivity index (χ1) is 14.8. The third-order valence-electron chi connectivity index (χ3n) is 5.66. The van der Waals surface area contributed by atoms with Crippen molar-refractivity contribution in [3.05, 3.63) is 58.8 Å². The van der Waals surface area contributed by atoms with E-state index in [-0.39, 0.29) is 23.0 Å². The molecule has 1 saturated heterocycles. The molecule has 0 spiro atoms. The molecule has 2 unspecified atom stereocenters. The van der Waals surface area contributed by atoms with E-state index in [1.54, 1.807) is 18.2 Å². The summed E-state index contributed by atoms with van der Waals surface area (Å²) in [6.07, 6.45) is 2.56. The van der Waals surface area contributed by atoms with Crippen molar-refractivity contribution in [1.29, 1.82) is 0 Å². The number of piperidine rings is 1. The lowest BCUT2D eigenvalue weighted by atomic mass is 9.91. The number of phenolic OH excluding ortho intramolecular Hbond substituents is 1. The Morgan fingerprint density at radius 2 is 1.90 bits per heavy atom. The predicted molar refractivity (Wildman–Crippen MR) is 112 cm³/mol. The summed E-state index contributed by atoms with van der Waals surface area (Å²) in [5.41, 5.74) is 1.22. The number of fused-ring (bicyclic) bond motifs is 1. The minimum Gasteiger partial charge on any atom is -0.507 e. The molecule has 31 heavy (non-hydrogen) atoms. The SMILES string of the molecule is CC1CC(C)CN(Cc2c(O)ccc3c2O/C(=C/c2ccccc2OC(F)F)C3=O)C1. The van der Waals surface area contributed by atoms with Crippen molar-refractivity contribution in [2.24, 2.45) is 11.8 Å². The van der Waals surface area contributed by atoms with Crippen molar-refractivity contribution in [3.63, 3.8) is 0 Å². The standard InChI is InChI=1S/C24H25F2NO4/c1-14-9-15(2)12-27(11-14)13-18-19(28)8-7-17-22(29)21(30-23(17)18)10-16-5-3-4-6-20(16)31-24(25)26/h3-8,10,14-15,24,28H,9,11-13H2,1-2H3/b21-10+. The second-order valence-corrected chi connectivity index (χ2v) is 8.44. The summed E-state index contributed by atoms with van der Waals surface area (Å²) in [4.78, 5) is 15.2. The molecule has 2 aromatic rings. The Bertz CT molecular complexity index is 1010. The van der Waals surface area contributed by atoms with Crippen LogP contribution in [0.25, 0.3) is 6.08 Å². The molecule has 0 amide bonds. The molecule has 5 nitrogen and oxygen atoms in total. The van der Waals surface area contributed by atoms with Gasteiger partial charge in [-0.15, -0.1) is 0 Å². The number of likely N-dealkylation sites (tertiary alicyclic amines) is 1. The van der Waals surface area contributed by atoms with E-state index in [1.165, 1.54) is 24.3 Å². The zero-order chi connectivity index (χ0) is 22.1. The van der Waals surface area contributed by atoms with Crippen molar-refractivity contribution in [2.75, 3.05) is 13.1 Å². The topological polar surface area (TPSA) is 59.0 Å². The van der Waals surface area contributed by atoms with E-state index >= 15 is 0 Å². The first-order valence-electron chi connectivity index (χ1n) is 10.4. The van der Waals surface area contributed by atoms with Crippen molar-refractivity contribution in [1.82, 2.24) is 4.90 Å². The average molecular weight is 429 g/mol. The van der Waals surface area contributed by atoms with Gasteiger partial charge in [0.1, 0.15) is 17.2 Å². The number of carbonyl (C=O) groups excluding carboxylic acids is 1. The van der Waals surface area contributed by atoms with Crippen LogP contribution in [0.4, 0.5) is 8.78 Å². The number of Topliss-reactive ketones (excluding diaryl/α,β-unsaturated/α-hetero) is 1. The van der Waals surface area contributed by atoms with E-state index in [0.29, 0.717) is 40.8 Å². The zero-order valence-corrected chi connectivity index (χ0v) is 17.5. The van der Waals surface area contributed by atoms with Gasteiger partial charge in [0.05, 0.1) is 11.1 Å². The molecule has 164 valence electrons. The smallest absolute Gasteiger partial charge is 0.387 e. The number of alkyl halides is 2. The number of ketones is 1. The third-order valence-corrected chi connectivity index (χ3v) is 5.66. The fraction of sp³-hybridized carbons (Fsp3) is 0.375. The van der Waals surface area contributed by atoms with Crippen molar-refractivity contribution < 1.29 is 28.2 Å². The Morgan fingerprint density at radius 3 is 2.61 bits per heavy atom. The van der Waals surface area contributed by atoms with Crippen LogP contribution in [0.15, 0.2) is 42.2 Å². The maximum atomic E-state index is 12.9. The number of halogens is 2. The molecule has 1 N–H and O–H groups in total. The van der Waals surface area contributed by atoms with Crippen LogP contribution in [0.3, 0.4) is 0 Å². The number of hydrogen-bond donors (Lipinski definition) is 1. The summed E-state index contributed by atoms with van der Waals surface area (Å²) in [5.74, 6) is 1.10. The monoisotopic (exact) mass is 429 g/mol. The van der Waals surface area contributed by atoms with Gasteiger partial charge in [-0.2, -0.15) is 8.78 Å². The van der Waals surface area contributed by atoms with Crippen LogP contribution >= 0.6 is 0 Å². The fourth-order valence-electron chi connectivity index (χ4n) is 4.54. The molecule has 2 heterocycles. The number of rotatable bonds is 5. The van der Waals surface area contributed by atoms with Gasteiger partial charge in [0.2, 0.25) is 5.78 Å². The van der Waals surface area contributed by atoms with E-state index in [2.05, 4.69) is 23.5 Å². The van der Waals surface area contributed by atoms with Gasteiger partial charge in [0.15, 0.2) is 5.76 Å². The van der Waals surface area contributed by atoms with Gasteiger partial charge >= 0.3 is 6.61 Å². The van der Waals surface area contributed by atoms with Crippen LogP contribution in [-0.2, 0) is 6.54 Å². The highest BCUT2D eigenvalue weighted by Gasteiger charge is 2.33. The second kappa shape index (κ2) is 8.67. The van der Waals surface area contributed by atoms with Crippen LogP contribution in [0.2, 0.25) is 0 Å². The number of hydrogen-bond acceptors (Lipinski definition) is 5. The minimum atomic E-state index is -2.98. The summed E-state index contributed by atoms with van der Waals surface area (Å²) in [5, 5.41) is 10.5. The summed E-state index contributed by atoms with van der Waals surface area (Å²) in [6, 6.07) is 9.24. The van der Waals surface area contributed by atoms with Gasteiger partial charge in [0.25, 0.3) is 0 Å². The molecule has 2 atom stereocenters. The number of nitrogens with zero attached hydrogens (tertiary/aromatic N) is 1. The fourth-order valence-corrected chi connectivity index (χ4v) is 4.54. The molecule has 2 aromatic carbocycles. The summed E-state index contributed by atoms with van der Waals surface area (Å²) in [7, 11) is 0. The first-order valence-corrected chi connectivity index (χ1v) is 10.4. The molecule has 1 fully saturated rings. The Labute approximate surface area is 179 Å². The van der Waals surface area contributed by atoms with E-state index in [0.717, 1.165) is 19.5 Å². The van der Waals surface area contributed by atoms with Crippen molar-refractivity contribution in [2.45, 2.75) is 33.4 Å². The third kappa shape index (κ3) is 4.56. The lowest BCUT2D eigenvalue weighted by Gasteiger charge is -2.35. The van der Waals surface area contributed by atoms with Gasteiger partial charge in [-0.3, -0.25) is 9.69 Å². The largest absolute Gasteiger partial charge is 0.507 e. The number of allylic oxidation sites excluding steroid dienone is 1. The molecule has 2 aliphatic rings. The summed E-state index contributed by atoms with van der Waals surface area (Å²) in [6.45, 7) is 3.71. The van der Waals surface area contributed by atoms with Gasteiger partial charge in [-0.05, 0) is 42.5 Å². The number of aromatic hydroxyl groups is 1. The van der Waals surface area contributed by atoms with Gasteiger partial charge in [0, 0.05) is 25.2 Å². The number of phenols is 1. The van der Waals surface area contributed by atoms with Gasteiger partial charge in [-0.1, -0.05) is 32.0 Å². The second-order valence-electron chi connectivity index (χ2n) is 8.44. The van der Waals surface area contributed by atoms with Crippen LogP contribution in [0, 0.1) is 11.8 Å². The molecular formula is C24H25F2NO4. The highest BCUT2D eigenvalue weighted by molar-refractivity contribution is 6.15. The van der Waals surface area contributed by atoms with E-state index < -0.39 is 6.61 Å². The number of ether oxygens (including phenoxy) is 2. The molecule has 7 heteroatoms. The number of benzene rings is 2. The molecule has 0 saturated carbocycles. The Morgan fingerprint density at radius 1 is 1.19 bits per heavy atom. The van der Waals surface area contributed by atoms with E-state index in [1.807, 2.05) is 0 Å². The summed E-state index contributed by atoms with van der Waals surface area (Å²) < 4.78 is 35.8. The van der Waals surface area contributed by atoms with Crippen LogP contribution < -0.4 is 9.47 Å². The van der Waals surface area contributed by atoms with Crippen LogP contribution in [0.5, 0.6) is 17.2 Å². The highest BCUT2D eigenvalue weighted by atomic mass is 19.3. The lowest BCUT2D eigenvalue weighted by Crippen LogP contribution is -2.38. The summed E-state index contributed by atoms with van der Waals surface area (Å²) >= 11 is 0. The van der Waals surface area contributed by atoms with Crippen LogP contribution in [-0.4, -0.2) is 35.5 Å². The number of carbonyl (C=O) groups is 1. The molecule has 0 aromatic heterocycles. The van der Waals surface area contributed by atoms with E-state index in [9.17, 15) is 18.7 Å². The highest BCUT2D eigenvalue weighted by Crippen LogP contribution is 2.41. The maximum Gasteiger partial charge on any atom is 0.387 e. The maximum absolute atomic E-state index is 12.9. The average Bonchev–Trinajstić information content (AvgIpc) is 3.00. The van der Waals surface area contributed by atoms with Gasteiger partial charge < -0.3 is 14.6 Å². The molecule has 4 rings (SSSR count). The zero-order valence-electron chi connectivity index (χ0n) is 17.5. The molecule has 2 aliphatic heterocycles. The number of para-hydroxylation sites is 1. The van der Waals surface area contributed by atoms with Gasteiger partial charge in [-0.25, -0.2) is 0 Å². The lowest BCUT2D eigenvalue weighted by molar-refractivity contribution is -0.0499. The van der Waals surface area contributed by atoms with Crippen molar-refractivity contribution in [3.8, 4) is 17.2 Å². The Balaban J connectivity index is 1.64. The molecule has 0 aliphatic carbocycles. The van der Waals surface area contributed by atoms with Crippen LogP contribution in [0.1, 0.15) is 41.8 Å². The Kier molecular flexibility index (Phi) is 5.96. The minimum absolute atomic E-state index is 0.00699. The predicted octanol–water partition coefficient (Wildman–Crippen LogP) is 5.09. The van der Waals surface area contributed by atoms with E-state index in [4.69, 9.17) is 4.74 Å².